The molecule has 0 bridgehead atoms. The first-order valence-electron chi connectivity index (χ1n) is 11.4. The zero-order valence-corrected chi connectivity index (χ0v) is 20.4. The first-order chi connectivity index (χ1) is 15.1. The molecule has 32 heavy (non-hydrogen) atoms. The van der Waals surface area contributed by atoms with Crippen LogP contribution in [0.4, 0.5) is 0 Å². The van der Waals surface area contributed by atoms with Crippen molar-refractivity contribution in [1.82, 2.24) is 5.43 Å². The zero-order chi connectivity index (χ0) is 23.6. The molecule has 0 saturated carbocycles. The van der Waals surface area contributed by atoms with Crippen molar-refractivity contribution in [3.05, 3.63) is 59.7 Å². The molecule has 5 heteroatoms. The molecule has 174 valence electrons. The third kappa shape index (κ3) is 9.13. The molecule has 2 aromatic carbocycles. The molecule has 2 aromatic rings. The fraction of sp³-hybridized carbons (Fsp3) is 0.481. The highest BCUT2D eigenvalue weighted by Gasteiger charge is 2.27. The molecule has 0 fully saturated rings. The van der Waals surface area contributed by atoms with Gasteiger partial charge in [-0.25, -0.2) is 5.43 Å². The Bertz CT molecular complexity index is 863. The summed E-state index contributed by atoms with van der Waals surface area (Å²) >= 11 is 0. The molecule has 0 aliphatic heterocycles. The quantitative estimate of drug-likeness (QED) is 0.262. The Labute approximate surface area is 193 Å². The maximum absolute atomic E-state index is 12.0. The summed E-state index contributed by atoms with van der Waals surface area (Å²) < 4.78 is 11.2. The molecule has 0 aliphatic carbocycles. The van der Waals surface area contributed by atoms with E-state index in [2.05, 4.69) is 64.2 Å². The normalized spacial score (nSPS) is 12.1. The fourth-order valence-electron chi connectivity index (χ4n) is 3.77. The summed E-state index contributed by atoms with van der Waals surface area (Å²) in [6.07, 6.45) is 4.82. The second-order valence-corrected chi connectivity index (χ2v) is 10.00. The van der Waals surface area contributed by atoms with E-state index < -0.39 is 0 Å². The van der Waals surface area contributed by atoms with Crippen LogP contribution in [0.2, 0.25) is 0 Å². The molecule has 0 unspecified atom stereocenters. The summed E-state index contributed by atoms with van der Waals surface area (Å²) in [7, 11) is 0. The summed E-state index contributed by atoms with van der Waals surface area (Å²) in [5.74, 6) is 1.19. The van der Waals surface area contributed by atoms with Gasteiger partial charge in [0.05, 0.1) is 12.8 Å². The highest BCUT2D eigenvalue weighted by atomic mass is 16.5. The Kier molecular flexibility index (Phi) is 9.30. The molecule has 0 aromatic heterocycles. The summed E-state index contributed by atoms with van der Waals surface area (Å²) in [5.41, 5.74) is 4.95. The topological polar surface area (TPSA) is 59.9 Å². The van der Waals surface area contributed by atoms with Crippen molar-refractivity contribution in [3.63, 3.8) is 0 Å². The second-order valence-electron chi connectivity index (χ2n) is 10.00. The molecule has 5 nitrogen and oxygen atoms in total. The Morgan fingerprint density at radius 2 is 1.53 bits per heavy atom. The predicted octanol–water partition coefficient (Wildman–Crippen LogP) is 6.11. The van der Waals surface area contributed by atoms with E-state index in [9.17, 15) is 4.79 Å². The Balaban J connectivity index is 1.78. The average Bonchev–Trinajstić information content (AvgIpc) is 2.72. The van der Waals surface area contributed by atoms with Crippen molar-refractivity contribution >= 4 is 12.1 Å². The summed E-state index contributed by atoms with van der Waals surface area (Å²) in [5, 5.41) is 3.99. The first kappa shape index (κ1) is 25.4. The number of unbranched alkanes of at least 4 members (excludes halogenated alkanes) is 1. The molecule has 0 atom stereocenters. The van der Waals surface area contributed by atoms with E-state index in [1.807, 2.05) is 36.4 Å². The third-order valence-corrected chi connectivity index (χ3v) is 5.03. The average molecular weight is 439 g/mol. The summed E-state index contributed by atoms with van der Waals surface area (Å²) in [6, 6.07) is 15.6. The molecule has 0 radical (unpaired) electrons. The van der Waals surface area contributed by atoms with Gasteiger partial charge >= 0.3 is 0 Å². The number of hydrogen-bond donors (Lipinski definition) is 1. The Morgan fingerprint density at radius 1 is 0.938 bits per heavy atom. The maximum Gasteiger partial charge on any atom is 0.277 e. The Hall–Kier alpha value is -2.82. The van der Waals surface area contributed by atoms with E-state index in [-0.39, 0.29) is 23.3 Å². The van der Waals surface area contributed by atoms with Crippen molar-refractivity contribution in [3.8, 4) is 11.5 Å². The van der Waals surface area contributed by atoms with Gasteiger partial charge < -0.3 is 9.47 Å². The predicted molar refractivity (Wildman–Crippen MR) is 132 cm³/mol. The number of ether oxygens (including phenoxy) is 2. The van der Waals surface area contributed by atoms with Crippen LogP contribution in [0.5, 0.6) is 11.5 Å². The van der Waals surface area contributed by atoms with Crippen molar-refractivity contribution in [2.45, 2.75) is 66.2 Å². The van der Waals surface area contributed by atoms with Gasteiger partial charge in [-0.15, -0.1) is 0 Å². The summed E-state index contributed by atoms with van der Waals surface area (Å²) in [6.45, 7) is 14.0. The number of hydrogen-bond acceptors (Lipinski definition) is 4. The van der Waals surface area contributed by atoms with Crippen LogP contribution >= 0.6 is 0 Å². The molecule has 1 N–H and O–H groups in total. The molecule has 0 spiro atoms. The lowest BCUT2D eigenvalue weighted by molar-refractivity contribution is -0.123. The van der Waals surface area contributed by atoms with Crippen molar-refractivity contribution in [2.75, 3.05) is 13.2 Å². The van der Waals surface area contributed by atoms with Gasteiger partial charge in [-0.2, -0.15) is 5.10 Å². The SMILES string of the molecule is CCCCOc1ccc(C=NNC(=O)COc2ccc(C(C)(C)CC(C)(C)C)cc2)cc1. The minimum Gasteiger partial charge on any atom is -0.494 e. The van der Waals surface area contributed by atoms with Crippen LogP contribution in [-0.2, 0) is 10.2 Å². The highest BCUT2D eigenvalue weighted by Crippen LogP contribution is 2.36. The van der Waals surface area contributed by atoms with E-state index in [1.165, 1.54) is 5.56 Å². The minimum atomic E-state index is -0.307. The number of amides is 1. The fourth-order valence-corrected chi connectivity index (χ4v) is 3.77. The van der Waals surface area contributed by atoms with E-state index in [4.69, 9.17) is 9.47 Å². The summed E-state index contributed by atoms with van der Waals surface area (Å²) in [4.78, 5) is 12.0. The Morgan fingerprint density at radius 3 is 2.12 bits per heavy atom. The van der Waals surface area contributed by atoms with Crippen molar-refractivity contribution in [2.24, 2.45) is 10.5 Å². The smallest absolute Gasteiger partial charge is 0.277 e. The lowest BCUT2D eigenvalue weighted by Crippen LogP contribution is -2.25. The molecule has 2 rings (SSSR count). The van der Waals surface area contributed by atoms with Gasteiger partial charge in [-0.3, -0.25) is 4.79 Å². The molecule has 0 saturated heterocycles. The molecular formula is C27H38N2O3. The second kappa shape index (κ2) is 11.7. The number of carbonyl (C=O) groups excluding carboxylic acids is 1. The molecular weight excluding hydrogens is 400 g/mol. The maximum atomic E-state index is 12.0. The number of nitrogens with one attached hydrogen (secondary N) is 1. The lowest BCUT2D eigenvalue weighted by atomic mass is 9.72. The van der Waals surface area contributed by atoms with E-state index in [1.54, 1.807) is 6.21 Å². The van der Waals surface area contributed by atoms with E-state index in [0.29, 0.717) is 5.75 Å². The van der Waals surface area contributed by atoms with Gasteiger partial charge in [0.25, 0.3) is 5.91 Å². The van der Waals surface area contributed by atoms with Crippen LogP contribution in [0.1, 0.15) is 71.9 Å². The van der Waals surface area contributed by atoms with E-state index >= 15 is 0 Å². The minimum absolute atomic E-state index is 0.0721. The van der Waals surface area contributed by atoms with Gasteiger partial charge in [0, 0.05) is 0 Å². The van der Waals surface area contributed by atoms with Crippen LogP contribution in [0.15, 0.2) is 53.6 Å². The highest BCUT2D eigenvalue weighted by molar-refractivity contribution is 5.83. The van der Waals surface area contributed by atoms with Crippen LogP contribution in [0.25, 0.3) is 0 Å². The molecule has 0 aliphatic rings. The van der Waals surface area contributed by atoms with E-state index in [0.717, 1.165) is 37.2 Å². The number of carbonyl (C=O) groups is 1. The lowest BCUT2D eigenvalue weighted by Gasteiger charge is -2.33. The largest absolute Gasteiger partial charge is 0.494 e. The first-order valence-corrected chi connectivity index (χ1v) is 11.4. The van der Waals surface area contributed by atoms with Crippen LogP contribution in [0.3, 0.4) is 0 Å². The van der Waals surface area contributed by atoms with Gasteiger partial charge in [0.15, 0.2) is 6.61 Å². The molecule has 1 amide bonds. The number of rotatable bonds is 11. The number of nitrogens with zero attached hydrogens (tertiary/aromatic N) is 1. The van der Waals surface area contributed by atoms with Crippen molar-refractivity contribution in [1.29, 1.82) is 0 Å². The molecule has 0 heterocycles. The number of hydrazone groups is 1. The monoisotopic (exact) mass is 438 g/mol. The van der Waals surface area contributed by atoms with Gasteiger partial charge in [-0.05, 0) is 71.2 Å². The van der Waals surface area contributed by atoms with Crippen LogP contribution in [-0.4, -0.2) is 25.3 Å². The zero-order valence-electron chi connectivity index (χ0n) is 20.4. The van der Waals surface area contributed by atoms with Gasteiger partial charge in [-0.1, -0.05) is 60.1 Å². The van der Waals surface area contributed by atoms with Gasteiger partial charge in [0.1, 0.15) is 11.5 Å². The van der Waals surface area contributed by atoms with Crippen LogP contribution < -0.4 is 14.9 Å². The van der Waals surface area contributed by atoms with Crippen LogP contribution in [0, 0.1) is 5.41 Å². The number of benzene rings is 2. The standard InChI is InChI=1S/C27H38N2O3/c1-7-8-17-31-23-13-9-21(10-14-23)18-28-29-25(30)19-32-24-15-11-22(12-16-24)27(5,6)20-26(2,3)4/h9-16,18H,7-8,17,19-20H2,1-6H3,(H,29,30). The van der Waals surface area contributed by atoms with Gasteiger partial charge in [0.2, 0.25) is 0 Å². The third-order valence-electron chi connectivity index (χ3n) is 5.03. The van der Waals surface area contributed by atoms with Crippen molar-refractivity contribution < 1.29 is 14.3 Å².